The van der Waals surface area contributed by atoms with Crippen molar-refractivity contribution in [1.29, 1.82) is 0 Å². The Hall–Kier alpha value is -5.83. The third-order valence-electron chi connectivity index (χ3n) is 9.60. The van der Waals surface area contributed by atoms with Crippen LogP contribution in [0.2, 0.25) is 0 Å². The molecule has 0 amide bonds. The summed E-state index contributed by atoms with van der Waals surface area (Å²) in [5, 5.41) is 13.1. The average molecular weight is 614 g/mol. The Morgan fingerprint density at radius 3 is 1.55 bits per heavy atom. The van der Waals surface area contributed by atoms with Gasteiger partial charge in [-0.05, 0) is 90.6 Å². The summed E-state index contributed by atoms with van der Waals surface area (Å²) in [6, 6.07) is 59.5. The summed E-state index contributed by atoms with van der Waals surface area (Å²) in [4.78, 5) is 5.11. The Morgan fingerprint density at radius 2 is 0.894 bits per heavy atom. The second-order valence-electron chi connectivity index (χ2n) is 12.3. The standard InChI is InChI=1S/C45H27NS/c1-3-11-28(12-4-1)40-25-33(26-41(46-40)29-13-5-2-6-14-29)30-19-20-31-27-43-39(24-32(31)23-30)45-42(47-43)22-21-38-36-17-8-7-15-34(36)35-16-9-10-18-37(35)44(38)45/h1-27H. The van der Waals surface area contributed by atoms with Gasteiger partial charge in [0.05, 0.1) is 11.4 Å². The molecule has 0 saturated heterocycles. The van der Waals surface area contributed by atoms with E-state index in [1.54, 1.807) is 0 Å². The van der Waals surface area contributed by atoms with E-state index in [9.17, 15) is 0 Å². The molecule has 0 atom stereocenters. The number of thiophene rings is 1. The molecule has 0 radical (unpaired) electrons. The number of benzene rings is 8. The maximum atomic E-state index is 5.11. The van der Waals surface area contributed by atoms with E-state index in [1.165, 1.54) is 68.8 Å². The molecule has 0 bridgehead atoms. The monoisotopic (exact) mass is 613 g/mol. The molecule has 10 aromatic rings. The lowest BCUT2D eigenvalue weighted by Gasteiger charge is -2.12. The molecular weight excluding hydrogens is 587 g/mol. The van der Waals surface area contributed by atoms with E-state index in [0.717, 1.165) is 28.1 Å². The Bertz CT molecular complexity index is 2740. The number of pyridine rings is 1. The van der Waals surface area contributed by atoms with Crippen molar-refractivity contribution in [3.63, 3.8) is 0 Å². The molecule has 0 aliphatic heterocycles. The molecule has 0 aliphatic rings. The molecule has 0 aliphatic carbocycles. The van der Waals surface area contributed by atoms with Crippen molar-refractivity contribution in [2.24, 2.45) is 0 Å². The van der Waals surface area contributed by atoms with E-state index in [0.29, 0.717) is 0 Å². The predicted octanol–water partition coefficient (Wildman–Crippen LogP) is 13.1. The van der Waals surface area contributed by atoms with Gasteiger partial charge in [0.2, 0.25) is 0 Å². The van der Waals surface area contributed by atoms with Gasteiger partial charge in [0.1, 0.15) is 0 Å². The Morgan fingerprint density at radius 1 is 0.319 bits per heavy atom. The van der Waals surface area contributed by atoms with Crippen LogP contribution >= 0.6 is 11.3 Å². The van der Waals surface area contributed by atoms with Crippen LogP contribution in [0.1, 0.15) is 0 Å². The fourth-order valence-electron chi connectivity index (χ4n) is 7.39. The van der Waals surface area contributed by atoms with Crippen molar-refractivity contribution in [3.8, 4) is 33.6 Å². The fourth-order valence-corrected chi connectivity index (χ4v) is 8.54. The molecule has 10 rings (SSSR count). The molecular formula is C45H27NS. The third kappa shape index (κ3) is 4.19. The summed E-state index contributed by atoms with van der Waals surface area (Å²) in [6.07, 6.45) is 0. The SMILES string of the molecule is c1ccc(-c2cc(-c3ccc4cc5sc6ccc7c8ccccc8c8ccccc8c7c6c5cc4c3)cc(-c3ccccc3)n2)cc1. The minimum atomic E-state index is 0.979. The molecule has 0 N–H and O–H groups in total. The third-order valence-corrected chi connectivity index (χ3v) is 10.7. The van der Waals surface area contributed by atoms with Crippen LogP contribution < -0.4 is 0 Å². The van der Waals surface area contributed by atoms with E-state index in [1.807, 2.05) is 11.3 Å². The molecule has 2 heterocycles. The summed E-state index contributed by atoms with van der Waals surface area (Å²) >= 11 is 1.90. The summed E-state index contributed by atoms with van der Waals surface area (Å²) < 4.78 is 2.66. The zero-order chi connectivity index (χ0) is 30.9. The first-order chi connectivity index (χ1) is 23.3. The van der Waals surface area contributed by atoms with Gasteiger partial charge in [-0.15, -0.1) is 11.3 Å². The van der Waals surface area contributed by atoms with Crippen LogP contribution in [0.4, 0.5) is 0 Å². The summed E-state index contributed by atoms with van der Waals surface area (Å²) in [6.45, 7) is 0. The largest absolute Gasteiger partial charge is 0.248 e. The Balaban J connectivity index is 1.23. The van der Waals surface area contributed by atoms with Gasteiger partial charge in [-0.25, -0.2) is 4.98 Å². The number of nitrogens with zero attached hydrogens (tertiary/aromatic N) is 1. The van der Waals surface area contributed by atoms with Gasteiger partial charge in [0.15, 0.2) is 0 Å². The number of aromatic nitrogens is 1. The molecule has 0 unspecified atom stereocenters. The van der Waals surface area contributed by atoms with Crippen molar-refractivity contribution in [3.05, 3.63) is 164 Å². The molecule has 218 valence electrons. The first-order valence-corrected chi connectivity index (χ1v) is 16.9. The summed E-state index contributed by atoms with van der Waals surface area (Å²) in [5.74, 6) is 0. The van der Waals surface area contributed by atoms with Crippen LogP contribution in [0.25, 0.3) is 96.9 Å². The normalized spacial score (nSPS) is 11.8. The minimum absolute atomic E-state index is 0.979. The van der Waals surface area contributed by atoms with Crippen molar-refractivity contribution in [2.75, 3.05) is 0 Å². The highest BCUT2D eigenvalue weighted by Crippen LogP contribution is 2.45. The molecule has 1 nitrogen and oxygen atoms in total. The van der Waals surface area contributed by atoms with Crippen molar-refractivity contribution in [2.45, 2.75) is 0 Å². The lowest BCUT2D eigenvalue weighted by atomic mass is 9.91. The Labute approximate surface area is 276 Å². The van der Waals surface area contributed by atoms with Crippen LogP contribution in [0, 0.1) is 0 Å². The molecule has 0 saturated carbocycles. The minimum Gasteiger partial charge on any atom is -0.248 e. The number of rotatable bonds is 3. The maximum absolute atomic E-state index is 5.11. The predicted molar refractivity (Wildman–Crippen MR) is 203 cm³/mol. The number of fused-ring (bicyclic) bond motifs is 11. The van der Waals surface area contributed by atoms with Crippen molar-refractivity contribution >= 4 is 74.6 Å². The zero-order valence-corrected chi connectivity index (χ0v) is 26.3. The van der Waals surface area contributed by atoms with Crippen LogP contribution in [0.5, 0.6) is 0 Å². The van der Waals surface area contributed by atoms with Gasteiger partial charge < -0.3 is 0 Å². The van der Waals surface area contributed by atoms with E-state index < -0.39 is 0 Å². The smallest absolute Gasteiger partial charge is 0.0715 e. The van der Waals surface area contributed by atoms with Crippen molar-refractivity contribution in [1.82, 2.24) is 4.98 Å². The van der Waals surface area contributed by atoms with E-state index >= 15 is 0 Å². The lowest BCUT2D eigenvalue weighted by molar-refractivity contribution is 1.32. The average Bonchev–Trinajstić information content (AvgIpc) is 3.51. The van der Waals surface area contributed by atoms with Crippen LogP contribution in [-0.2, 0) is 0 Å². The fraction of sp³-hybridized carbons (Fsp3) is 0. The van der Waals surface area contributed by atoms with Gasteiger partial charge >= 0.3 is 0 Å². The van der Waals surface area contributed by atoms with Gasteiger partial charge in [-0.1, -0.05) is 127 Å². The van der Waals surface area contributed by atoms with Crippen LogP contribution in [-0.4, -0.2) is 4.98 Å². The van der Waals surface area contributed by atoms with Gasteiger partial charge in [0, 0.05) is 31.3 Å². The lowest BCUT2D eigenvalue weighted by Crippen LogP contribution is -1.91. The van der Waals surface area contributed by atoms with E-state index in [-0.39, 0.29) is 0 Å². The summed E-state index contributed by atoms with van der Waals surface area (Å²) in [5.41, 5.74) is 6.54. The highest BCUT2D eigenvalue weighted by atomic mass is 32.1. The molecule has 2 aromatic heterocycles. The van der Waals surface area contributed by atoms with Crippen LogP contribution in [0.3, 0.4) is 0 Å². The topological polar surface area (TPSA) is 12.9 Å². The number of hydrogen-bond donors (Lipinski definition) is 0. The molecule has 2 heteroatoms. The first kappa shape index (κ1) is 26.4. The number of hydrogen-bond acceptors (Lipinski definition) is 2. The molecule has 47 heavy (non-hydrogen) atoms. The highest BCUT2D eigenvalue weighted by Gasteiger charge is 2.16. The van der Waals surface area contributed by atoms with Gasteiger partial charge in [-0.3, -0.25) is 0 Å². The Kier molecular flexibility index (Phi) is 5.81. The van der Waals surface area contributed by atoms with E-state index in [4.69, 9.17) is 4.98 Å². The van der Waals surface area contributed by atoms with E-state index in [2.05, 4.69) is 164 Å². The summed E-state index contributed by atoms with van der Waals surface area (Å²) in [7, 11) is 0. The second-order valence-corrected chi connectivity index (χ2v) is 13.4. The molecule has 0 fully saturated rings. The van der Waals surface area contributed by atoms with Gasteiger partial charge in [0.25, 0.3) is 0 Å². The first-order valence-electron chi connectivity index (χ1n) is 16.0. The molecule has 8 aromatic carbocycles. The highest BCUT2D eigenvalue weighted by molar-refractivity contribution is 7.26. The maximum Gasteiger partial charge on any atom is 0.0715 e. The zero-order valence-electron chi connectivity index (χ0n) is 25.4. The second kappa shape index (κ2) is 10.3. The van der Waals surface area contributed by atoms with Gasteiger partial charge in [-0.2, -0.15) is 0 Å². The van der Waals surface area contributed by atoms with Crippen molar-refractivity contribution < 1.29 is 0 Å². The van der Waals surface area contributed by atoms with Crippen LogP contribution in [0.15, 0.2) is 164 Å². The molecule has 0 spiro atoms. The quantitative estimate of drug-likeness (QED) is 0.181.